The number of hydrogen-bond acceptors (Lipinski definition) is 4. The number of ether oxygens (including phenoxy) is 1. The Hall–Kier alpha value is -1.08. The van der Waals surface area contributed by atoms with E-state index in [-0.39, 0.29) is 6.04 Å². The molecule has 1 N–H and O–H groups in total. The summed E-state index contributed by atoms with van der Waals surface area (Å²) in [4.78, 5) is 2.21. The van der Waals surface area contributed by atoms with Crippen LogP contribution in [-0.4, -0.2) is 45.3 Å². The van der Waals surface area contributed by atoms with Gasteiger partial charge in [0.25, 0.3) is 0 Å². The molecule has 22 heavy (non-hydrogen) atoms. The van der Waals surface area contributed by atoms with Crippen LogP contribution in [0, 0.1) is 0 Å². The zero-order chi connectivity index (χ0) is 16.2. The molecular weight excluding hydrogens is 324 g/mol. The second-order valence-corrected chi connectivity index (χ2v) is 7.66. The lowest BCUT2D eigenvalue weighted by Gasteiger charge is -2.17. The Kier molecular flexibility index (Phi) is 5.86. The van der Waals surface area contributed by atoms with Gasteiger partial charge in [-0.1, -0.05) is 30.3 Å². The summed E-state index contributed by atoms with van der Waals surface area (Å²) in [6.45, 7) is 6.33. The van der Waals surface area contributed by atoms with E-state index in [2.05, 4.69) is 16.2 Å². The Bertz CT molecular complexity index is 634. The van der Waals surface area contributed by atoms with Crippen LogP contribution in [0.5, 0.6) is 5.75 Å². The number of benzene rings is 1. The predicted molar refractivity (Wildman–Crippen MR) is 88.8 cm³/mol. The molecule has 1 saturated heterocycles. The largest absolute Gasteiger partial charge is 0.488 e. The molecule has 0 amide bonds. The van der Waals surface area contributed by atoms with Crippen LogP contribution in [0.1, 0.15) is 12.0 Å². The zero-order valence-corrected chi connectivity index (χ0v) is 14.2. The highest BCUT2D eigenvalue weighted by Gasteiger charge is 2.24. The zero-order valence-electron chi connectivity index (χ0n) is 12.6. The van der Waals surface area contributed by atoms with Crippen molar-refractivity contribution >= 4 is 21.6 Å². The molecule has 1 aromatic carbocycles. The van der Waals surface area contributed by atoms with Crippen LogP contribution >= 0.6 is 11.6 Å². The van der Waals surface area contributed by atoms with Gasteiger partial charge in [0.15, 0.2) is 0 Å². The van der Waals surface area contributed by atoms with Crippen molar-refractivity contribution in [2.45, 2.75) is 19.0 Å². The van der Waals surface area contributed by atoms with Crippen LogP contribution in [-0.2, 0) is 16.6 Å². The van der Waals surface area contributed by atoms with Crippen LogP contribution in [0.3, 0.4) is 0 Å². The van der Waals surface area contributed by atoms with Crippen LogP contribution < -0.4 is 9.46 Å². The second-order valence-electron chi connectivity index (χ2n) is 5.48. The minimum absolute atomic E-state index is 0.0133. The van der Waals surface area contributed by atoms with E-state index in [4.69, 9.17) is 16.3 Å². The summed E-state index contributed by atoms with van der Waals surface area (Å²) in [5.74, 6) is 0.642. The van der Waals surface area contributed by atoms with Gasteiger partial charge in [0.2, 0.25) is 10.0 Å². The van der Waals surface area contributed by atoms with E-state index in [1.807, 2.05) is 18.2 Å². The van der Waals surface area contributed by atoms with Crippen molar-refractivity contribution in [2.75, 3.05) is 26.0 Å². The highest BCUT2D eigenvalue weighted by atomic mass is 35.5. The van der Waals surface area contributed by atoms with Crippen molar-refractivity contribution in [3.05, 3.63) is 41.4 Å². The van der Waals surface area contributed by atoms with Gasteiger partial charge in [-0.15, -0.1) is 0 Å². The molecule has 2 rings (SSSR count). The highest BCUT2D eigenvalue weighted by molar-refractivity contribution is 7.88. The molecule has 5 nitrogen and oxygen atoms in total. The maximum absolute atomic E-state index is 11.3. The number of nitrogens with one attached hydrogen (secondary N) is 1. The van der Waals surface area contributed by atoms with Gasteiger partial charge in [0.05, 0.1) is 11.3 Å². The third kappa shape index (κ3) is 5.28. The van der Waals surface area contributed by atoms with Crippen LogP contribution in [0.4, 0.5) is 0 Å². The third-order valence-corrected chi connectivity index (χ3v) is 4.47. The molecule has 7 heteroatoms. The Morgan fingerprint density at radius 3 is 2.95 bits per heavy atom. The lowest BCUT2D eigenvalue weighted by Crippen LogP contribution is -2.36. The maximum atomic E-state index is 11.3. The first-order valence-electron chi connectivity index (χ1n) is 7.09. The van der Waals surface area contributed by atoms with Crippen molar-refractivity contribution < 1.29 is 13.2 Å². The van der Waals surface area contributed by atoms with E-state index in [1.165, 1.54) is 6.26 Å². The summed E-state index contributed by atoms with van der Waals surface area (Å²) < 4.78 is 30.6. The van der Waals surface area contributed by atoms with Gasteiger partial charge in [-0.25, -0.2) is 13.1 Å². The van der Waals surface area contributed by atoms with Gasteiger partial charge in [-0.2, -0.15) is 0 Å². The third-order valence-electron chi connectivity index (χ3n) is 3.41. The molecule has 122 valence electrons. The Morgan fingerprint density at radius 1 is 1.55 bits per heavy atom. The quantitative estimate of drug-likeness (QED) is 0.769. The predicted octanol–water partition coefficient (Wildman–Crippen LogP) is 2.03. The molecule has 1 aromatic rings. The Balaban J connectivity index is 1.92. The molecule has 0 aromatic heterocycles. The number of sulfonamides is 1. The van der Waals surface area contributed by atoms with Gasteiger partial charge >= 0.3 is 0 Å². The SMILES string of the molecule is C=CCOc1ccc(CN2CC[C@H](NS(C)(=O)=O)C2)cc1Cl. The summed E-state index contributed by atoms with van der Waals surface area (Å²) in [7, 11) is -3.15. The molecule has 1 aliphatic heterocycles. The fourth-order valence-electron chi connectivity index (χ4n) is 2.54. The monoisotopic (exact) mass is 344 g/mol. The molecule has 0 spiro atoms. The Morgan fingerprint density at radius 2 is 2.32 bits per heavy atom. The number of rotatable bonds is 7. The van der Waals surface area contributed by atoms with Crippen LogP contribution in [0.25, 0.3) is 0 Å². The lowest BCUT2D eigenvalue weighted by atomic mass is 10.2. The average Bonchev–Trinajstić information content (AvgIpc) is 2.83. The first kappa shape index (κ1) is 17.3. The van der Waals surface area contributed by atoms with Crippen LogP contribution in [0.15, 0.2) is 30.9 Å². The van der Waals surface area contributed by atoms with E-state index in [9.17, 15) is 8.42 Å². The first-order valence-corrected chi connectivity index (χ1v) is 9.36. The van der Waals surface area contributed by atoms with Crippen molar-refractivity contribution in [3.63, 3.8) is 0 Å². The van der Waals surface area contributed by atoms with Crippen molar-refractivity contribution in [1.29, 1.82) is 0 Å². The topological polar surface area (TPSA) is 58.6 Å². The number of nitrogens with zero attached hydrogens (tertiary/aromatic N) is 1. The minimum Gasteiger partial charge on any atom is -0.488 e. The summed E-state index contributed by atoms with van der Waals surface area (Å²) in [5.41, 5.74) is 1.08. The fourth-order valence-corrected chi connectivity index (χ4v) is 3.60. The van der Waals surface area contributed by atoms with E-state index in [0.717, 1.165) is 25.1 Å². The molecule has 1 aliphatic rings. The van der Waals surface area contributed by atoms with Gasteiger partial charge in [0, 0.05) is 25.7 Å². The van der Waals surface area contributed by atoms with E-state index in [1.54, 1.807) is 6.08 Å². The molecule has 1 heterocycles. The molecule has 0 bridgehead atoms. The molecular formula is C15H21ClN2O3S. The second kappa shape index (κ2) is 7.46. The Labute approximate surface area is 137 Å². The number of likely N-dealkylation sites (tertiary alicyclic amines) is 1. The van der Waals surface area contributed by atoms with E-state index < -0.39 is 10.0 Å². The first-order chi connectivity index (χ1) is 10.4. The number of halogens is 1. The van der Waals surface area contributed by atoms with Crippen molar-refractivity contribution in [3.8, 4) is 5.75 Å². The van der Waals surface area contributed by atoms with Gasteiger partial charge in [-0.3, -0.25) is 4.90 Å². The summed E-state index contributed by atoms with van der Waals surface area (Å²) in [5, 5.41) is 0.573. The van der Waals surface area contributed by atoms with E-state index in [0.29, 0.717) is 23.9 Å². The lowest BCUT2D eigenvalue weighted by molar-refractivity contribution is 0.324. The van der Waals surface area contributed by atoms with Gasteiger partial charge in [-0.05, 0) is 24.1 Å². The summed E-state index contributed by atoms with van der Waals surface area (Å²) >= 11 is 6.20. The van der Waals surface area contributed by atoms with Gasteiger partial charge in [0.1, 0.15) is 12.4 Å². The molecule has 0 aliphatic carbocycles. The normalized spacial score (nSPS) is 19.3. The smallest absolute Gasteiger partial charge is 0.208 e. The van der Waals surface area contributed by atoms with Crippen LogP contribution in [0.2, 0.25) is 5.02 Å². The molecule has 0 radical (unpaired) electrons. The molecule has 1 atom stereocenters. The molecule has 1 fully saturated rings. The molecule has 0 saturated carbocycles. The fraction of sp³-hybridized carbons (Fsp3) is 0.467. The number of hydrogen-bond donors (Lipinski definition) is 1. The maximum Gasteiger partial charge on any atom is 0.208 e. The van der Waals surface area contributed by atoms with Gasteiger partial charge < -0.3 is 4.74 Å². The summed E-state index contributed by atoms with van der Waals surface area (Å²) in [6.07, 6.45) is 3.68. The molecule has 0 unspecified atom stereocenters. The van der Waals surface area contributed by atoms with Crippen molar-refractivity contribution in [2.24, 2.45) is 0 Å². The summed E-state index contributed by atoms with van der Waals surface area (Å²) in [6, 6.07) is 5.70. The minimum atomic E-state index is -3.15. The standard InChI is InChI=1S/C15H21ClN2O3S/c1-3-8-21-15-5-4-12(9-14(15)16)10-18-7-6-13(11-18)17-22(2,19)20/h3-5,9,13,17H,1,6-8,10-11H2,2H3/t13-/m0/s1. The van der Waals surface area contributed by atoms with E-state index >= 15 is 0 Å². The average molecular weight is 345 g/mol. The van der Waals surface area contributed by atoms with Crippen molar-refractivity contribution in [1.82, 2.24) is 9.62 Å². The highest BCUT2D eigenvalue weighted by Crippen LogP contribution is 2.26.